The Hall–Kier alpha value is -3.47. The summed E-state index contributed by atoms with van der Waals surface area (Å²) in [7, 11) is 1.18. The second-order valence-electron chi connectivity index (χ2n) is 6.47. The Morgan fingerprint density at radius 1 is 1.30 bits per heavy atom. The molecule has 0 aliphatic rings. The lowest BCUT2D eigenvalue weighted by molar-refractivity contribution is -0.151. The van der Waals surface area contributed by atoms with Gasteiger partial charge in [-0.2, -0.15) is 18.3 Å². The number of carbonyl (C=O) groups excluding carboxylic acids is 1. The van der Waals surface area contributed by atoms with Gasteiger partial charge in [-0.15, -0.1) is 0 Å². The van der Waals surface area contributed by atoms with E-state index in [0.29, 0.717) is 11.3 Å². The number of aromatic nitrogens is 4. The van der Waals surface area contributed by atoms with Crippen molar-refractivity contribution >= 4 is 17.6 Å². The molecule has 0 amide bonds. The van der Waals surface area contributed by atoms with Crippen molar-refractivity contribution in [3.05, 3.63) is 54.1 Å². The number of methoxy groups -OCH3 is 1. The van der Waals surface area contributed by atoms with E-state index in [1.165, 1.54) is 11.8 Å². The summed E-state index contributed by atoms with van der Waals surface area (Å²) in [5.41, 5.74) is 1.70. The Morgan fingerprint density at radius 2 is 2.07 bits per heavy atom. The normalized spacial score (nSPS) is 12.5. The van der Waals surface area contributed by atoms with E-state index in [2.05, 4.69) is 25.1 Å². The maximum atomic E-state index is 12.8. The molecular weight excluding hydrogens is 403 g/mol. The minimum absolute atomic E-state index is 0.0817. The minimum Gasteiger partial charge on any atom is -0.467 e. The zero-order valence-electron chi connectivity index (χ0n) is 16.0. The number of carbonyl (C=O) groups is 1. The summed E-state index contributed by atoms with van der Waals surface area (Å²) in [6.07, 6.45) is -1.71. The summed E-state index contributed by atoms with van der Waals surface area (Å²) in [5, 5.41) is 16.6. The highest BCUT2D eigenvalue weighted by molar-refractivity contribution is 5.74. The van der Waals surface area contributed by atoms with Gasteiger partial charge >= 0.3 is 12.1 Å². The molecule has 11 heteroatoms. The molecule has 8 nitrogen and oxygen atoms in total. The number of ether oxygens (including phenoxy) is 1. The Kier molecular flexibility index (Phi) is 6.01. The highest BCUT2D eigenvalue weighted by Gasteiger charge is 2.32. The number of alkyl halides is 3. The molecule has 3 rings (SSSR count). The Bertz CT molecular complexity index is 1050. The van der Waals surface area contributed by atoms with E-state index in [-0.39, 0.29) is 12.5 Å². The predicted octanol–water partition coefficient (Wildman–Crippen LogP) is 2.94. The zero-order valence-corrected chi connectivity index (χ0v) is 16.0. The maximum absolute atomic E-state index is 12.8. The largest absolute Gasteiger partial charge is 0.467 e. The first kappa shape index (κ1) is 21.2. The number of aliphatic hydroxyl groups is 1. The molecule has 0 saturated heterocycles. The second kappa shape index (κ2) is 8.49. The Labute approximate surface area is 169 Å². The second-order valence-corrected chi connectivity index (χ2v) is 6.47. The van der Waals surface area contributed by atoms with E-state index in [9.17, 15) is 23.1 Å². The van der Waals surface area contributed by atoms with Crippen LogP contribution in [0.2, 0.25) is 0 Å². The van der Waals surface area contributed by atoms with Crippen molar-refractivity contribution < 1.29 is 27.8 Å². The van der Waals surface area contributed by atoms with Crippen LogP contribution >= 0.6 is 0 Å². The van der Waals surface area contributed by atoms with Crippen molar-refractivity contribution in [2.45, 2.75) is 25.7 Å². The van der Waals surface area contributed by atoms with Gasteiger partial charge in [0.15, 0.2) is 6.10 Å². The molecule has 0 spiro atoms. The van der Waals surface area contributed by atoms with Gasteiger partial charge in [0.2, 0.25) is 5.95 Å². The number of halogens is 3. The van der Waals surface area contributed by atoms with Crippen molar-refractivity contribution in [2.24, 2.45) is 0 Å². The quantitative estimate of drug-likeness (QED) is 0.590. The summed E-state index contributed by atoms with van der Waals surface area (Å²) in [5.74, 6) is -0.951. The fourth-order valence-electron chi connectivity index (χ4n) is 2.73. The number of hydrogen-bond acceptors (Lipinski definition) is 7. The summed E-state index contributed by atoms with van der Waals surface area (Å²) in [6.45, 7) is 1.74. The third-order valence-electron chi connectivity index (χ3n) is 4.08. The van der Waals surface area contributed by atoms with Crippen molar-refractivity contribution in [3.8, 4) is 11.1 Å². The number of benzene rings is 1. The van der Waals surface area contributed by atoms with Crippen LogP contribution in [0.4, 0.5) is 24.8 Å². The molecule has 158 valence electrons. The van der Waals surface area contributed by atoms with Crippen LogP contribution in [-0.4, -0.2) is 44.0 Å². The van der Waals surface area contributed by atoms with E-state index >= 15 is 0 Å². The van der Waals surface area contributed by atoms with Crippen molar-refractivity contribution in [1.29, 1.82) is 0 Å². The average molecular weight is 421 g/mol. The molecule has 0 aliphatic carbocycles. The van der Waals surface area contributed by atoms with Crippen LogP contribution in [0.25, 0.3) is 11.1 Å². The molecule has 0 saturated carbocycles. The molecule has 2 N–H and O–H groups in total. The third kappa shape index (κ3) is 5.11. The summed E-state index contributed by atoms with van der Waals surface area (Å²) >= 11 is 0. The van der Waals surface area contributed by atoms with E-state index < -0.39 is 23.9 Å². The SMILES string of the molecule is COC(=O)[C@@H](O)Cn1cc(-c2cc(C)cc(Nc3nccc(C(F)(F)F)n3)c2)cn1. The first-order valence-electron chi connectivity index (χ1n) is 8.73. The molecule has 2 heterocycles. The number of nitrogens with one attached hydrogen (secondary N) is 1. The maximum Gasteiger partial charge on any atom is 0.433 e. The van der Waals surface area contributed by atoms with Crippen molar-refractivity contribution in [1.82, 2.24) is 19.7 Å². The fraction of sp³-hybridized carbons (Fsp3) is 0.263. The van der Waals surface area contributed by atoms with E-state index in [1.807, 2.05) is 13.0 Å². The van der Waals surface area contributed by atoms with Crippen LogP contribution in [-0.2, 0) is 22.3 Å². The lowest BCUT2D eigenvalue weighted by Crippen LogP contribution is -2.27. The van der Waals surface area contributed by atoms with Gasteiger partial charge in [0.25, 0.3) is 0 Å². The first-order chi connectivity index (χ1) is 14.2. The van der Waals surface area contributed by atoms with Crippen LogP contribution in [0.5, 0.6) is 0 Å². The molecule has 0 radical (unpaired) electrons. The van der Waals surface area contributed by atoms with Gasteiger partial charge in [-0.1, -0.05) is 6.07 Å². The molecule has 2 aromatic heterocycles. The Balaban J connectivity index is 1.82. The van der Waals surface area contributed by atoms with Gasteiger partial charge in [0.1, 0.15) is 5.69 Å². The van der Waals surface area contributed by atoms with Crippen molar-refractivity contribution in [2.75, 3.05) is 12.4 Å². The number of hydrogen-bond donors (Lipinski definition) is 2. The molecule has 0 aliphatic heterocycles. The van der Waals surface area contributed by atoms with E-state index in [4.69, 9.17) is 0 Å². The number of nitrogens with zero attached hydrogens (tertiary/aromatic N) is 4. The van der Waals surface area contributed by atoms with Crippen LogP contribution < -0.4 is 5.32 Å². The number of esters is 1. The van der Waals surface area contributed by atoms with E-state index in [0.717, 1.165) is 23.4 Å². The third-order valence-corrected chi connectivity index (χ3v) is 4.08. The van der Waals surface area contributed by atoms with Gasteiger partial charge in [-0.3, -0.25) is 4.68 Å². The lowest BCUT2D eigenvalue weighted by atomic mass is 10.1. The van der Waals surface area contributed by atoms with Gasteiger partial charge in [-0.05, 0) is 36.2 Å². The number of aliphatic hydroxyl groups excluding tert-OH is 1. The molecule has 3 aromatic rings. The molecule has 0 unspecified atom stereocenters. The van der Waals surface area contributed by atoms with E-state index in [1.54, 1.807) is 24.5 Å². The summed E-state index contributed by atoms with van der Waals surface area (Å²) in [4.78, 5) is 18.7. The lowest BCUT2D eigenvalue weighted by Gasteiger charge is -2.10. The summed E-state index contributed by atoms with van der Waals surface area (Å²) < 4.78 is 44.4. The average Bonchev–Trinajstić information content (AvgIpc) is 3.15. The highest BCUT2D eigenvalue weighted by Crippen LogP contribution is 2.29. The highest BCUT2D eigenvalue weighted by atomic mass is 19.4. The molecule has 30 heavy (non-hydrogen) atoms. The number of rotatable bonds is 6. The van der Waals surface area contributed by atoms with Crippen molar-refractivity contribution in [3.63, 3.8) is 0 Å². The molecule has 1 atom stereocenters. The van der Waals surface area contributed by atoms with Crippen LogP contribution in [0.3, 0.4) is 0 Å². The topological polar surface area (TPSA) is 102 Å². The first-order valence-corrected chi connectivity index (χ1v) is 8.73. The van der Waals surface area contributed by atoms with Crippen LogP contribution in [0.15, 0.2) is 42.9 Å². The number of anilines is 2. The van der Waals surface area contributed by atoms with Crippen LogP contribution in [0.1, 0.15) is 11.3 Å². The molecular formula is C19H18F3N5O3. The number of aryl methyl sites for hydroxylation is 1. The smallest absolute Gasteiger partial charge is 0.433 e. The molecule has 1 aromatic carbocycles. The monoisotopic (exact) mass is 421 g/mol. The van der Waals surface area contributed by atoms with Gasteiger partial charge in [0, 0.05) is 23.6 Å². The standard InChI is InChI=1S/C19H18F3N5O3/c1-11-5-12(13-8-24-27(9-13)10-15(28)17(29)30-2)7-14(6-11)25-18-23-4-3-16(26-18)19(20,21)22/h3-9,15,28H,10H2,1-2H3,(H,23,25,26)/t15-/m0/s1. The minimum atomic E-state index is -4.57. The zero-order chi connectivity index (χ0) is 21.9. The van der Waals surface area contributed by atoms with Gasteiger partial charge in [0.05, 0.1) is 19.9 Å². The molecule has 0 bridgehead atoms. The fourth-order valence-corrected chi connectivity index (χ4v) is 2.73. The van der Waals surface area contributed by atoms with Gasteiger partial charge < -0.3 is 15.2 Å². The van der Waals surface area contributed by atoms with Crippen LogP contribution in [0, 0.1) is 6.92 Å². The molecule has 0 fully saturated rings. The predicted molar refractivity (Wildman–Crippen MR) is 101 cm³/mol. The van der Waals surface area contributed by atoms with Gasteiger partial charge in [-0.25, -0.2) is 14.8 Å². The Morgan fingerprint density at radius 3 is 2.77 bits per heavy atom. The summed E-state index contributed by atoms with van der Waals surface area (Å²) in [6, 6.07) is 6.09.